The highest BCUT2D eigenvalue weighted by atomic mass is 16.4. The lowest BCUT2D eigenvalue weighted by Gasteiger charge is -1.91. The van der Waals surface area contributed by atoms with Crippen molar-refractivity contribution in [3.8, 4) is 0 Å². The maximum absolute atomic E-state index is 10.3. The Morgan fingerprint density at radius 1 is 1.64 bits per heavy atom. The summed E-state index contributed by atoms with van der Waals surface area (Å²) in [6, 6.07) is 1.28. The Kier molecular flexibility index (Phi) is 1.83. The van der Waals surface area contributed by atoms with Gasteiger partial charge >= 0.3 is 5.97 Å². The van der Waals surface area contributed by atoms with Gasteiger partial charge in [-0.3, -0.25) is 4.98 Å². The van der Waals surface area contributed by atoms with Gasteiger partial charge in [-0.2, -0.15) is 0 Å². The van der Waals surface area contributed by atoms with E-state index < -0.39 is 5.97 Å². The predicted molar refractivity (Wildman–Crippen MR) is 37.5 cm³/mol. The third-order valence-corrected chi connectivity index (χ3v) is 1.10. The average Bonchev–Trinajstić information content (AvgIpc) is 2.05. The number of carboxylic acids is 1. The molecule has 0 spiro atoms. The number of carboxylic acid groups (broad SMARTS) is 1. The molecule has 1 aromatic heterocycles. The molecule has 1 rings (SSSR count). The van der Waals surface area contributed by atoms with E-state index in [-0.39, 0.29) is 11.3 Å². The van der Waals surface area contributed by atoms with E-state index in [4.69, 9.17) is 11.7 Å². The van der Waals surface area contributed by atoms with Crippen molar-refractivity contribution in [3.05, 3.63) is 35.4 Å². The molecule has 1 heterocycles. The molecule has 0 bridgehead atoms. The van der Waals surface area contributed by atoms with Gasteiger partial charge in [0, 0.05) is 12.4 Å². The van der Waals surface area contributed by atoms with Gasteiger partial charge in [0.2, 0.25) is 5.69 Å². The molecule has 0 fully saturated rings. The zero-order valence-corrected chi connectivity index (χ0v) is 5.48. The standard InChI is InChI=1S/C7H4N2O2/c1-8-6-2-5(7(10)11)3-9-4-6/h2-4H,(H,10,11). The van der Waals surface area contributed by atoms with Gasteiger partial charge in [0.05, 0.1) is 12.1 Å². The zero-order chi connectivity index (χ0) is 8.27. The molecule has 4 heteroatoms. The summed E-state index contributed by atoms with van der Waals surface area (Å²) >= 11 is 0. The summed E-state index contributed by atoms with van der Waals surface area (Å²) in [6.07, 6.45) is 2.52. The van der Waals surface area contributed by atoms with Crippen LogP contribution in [0.2, 0.25) is 0 Å². The van der Waals surface area contributed by atoms with Crippen LogP contribution in [0.3, 0.4) is 0 Å². The first-order valence-electron chi connectivity index (χ1n) is 2.80. The number of hydrogen-bond acceptors (Lipinski definition) is 2. The van der Waals surface area contributed by atoms with Crippen molar-refractivity contribution in [1.82, 2.24) is 4.98 Å². The van der Waals surface area contributed by atoms with E-state index in [2.05, 4.69) is 9.83 Å². The second kappa shape index (κ2) is 2.80. The molecule has 54 valence electrons. The lowest BCUT2D eigenvalue weighted by molar-refractivity contribution is 0.0696. The minimum atomic E-state index is -1.07. The van der Waals surface area contributed by atoms with E-state index in [1.165, 1.54) is 18.5 Å². The Morgan fingerprint density at radius 2 is 2.36 bits per heavy atom. The molecule has 0 unspecified atom stereocenters. The largest absolute Gasteiger partial charge is 0.478 e. The Hall–Kier alpha value is -1.89. The fourth-order valence-corrected chi connectivity index (χ4v) is 0.606. The number of pyridine rings is 1. The summed E-state index contributed by atoms with van der Waals surface area (Å²) in [5.74, 6) is -1.07. The van der Waals surface area contributed by atoms with Crippen LogP contribution in [0.1, 0.15) is 10.4 Å². The molecule has 0 amide bonds. The third-order valence-electron chi connectivity index (χ3n) is 1.10. The van der Waals surface area contributed by atoms with E-state index >= 15 is 0 Å². The first-order chi connectivity index (χ1) is 5.24. The van der Waals surface area contributed by atoms with Crippen LogP contribution in [0.4, 0.5) is 5.69 Å². The highest BCUT2D eigenvalue weighted by Gasteiger charge is 2.02. The quantitative estimate of drug-likeness (QED) is 0.611. The first kappa shape index (κ1) is 7.22. The van der Waals surface area contributed by atoms with E-state index in [1.54, 1.807) is 0 Å². The number of hydrogen-bond donors (Lipinski definition) is 1. The van der Waals surface area contributed by atoms with Crippen molar-refractivity contribution >= 4 is 11.7 Å². The summed E-state index contributed by atoms with van der Waals surface area (Å²) in [5.41, 5.74) is 0.281. The molecule has 0 radical (unpaired) electrons. The fraction of sp³-hybridized carbons (Fsp3) is 0. The Bertz CT molecular complexity index is 327. The number of nitrogens with zero attached hydrogens (tertiary/aromatic N) is 2. The van der Waals surface area contributed by atoms with Gasteiger partial charge in [-0.25, -0.2) is 9.64 Å². The van der Waals surface area contributed by atoms with E-state index in [9.17, 15) is 4.79 Å². The third kappa shape index (κ3) is 1.52. The molecule has 0 aliphatic rings. The second-order valence-electron chi connectivity index (χ2n) is 1.85. The van der Waals surface area contributed by atoms with E-state index in [0.29, 0.717) is 0 Å². The Morgan fingerprint density at radius 3 is 2.91 bits per heavy atom. The fourth-order valence-electron chi connectivity index (χ4n) is 0.606. The maximum Gasteiger partial charge on any atom is 0.335 e. The highest BCUT2D eigenvalue weighted by molar-refractivity contribution is 5.88. The maximum atomic E-state index is 10.3. The normalized spacial score (nSPS) is 8.64. The molecule has 4 nitrogen and oxygen atoms in total. The molecule has 0 aliphatic carbocycles. The van der Waals surface area contributed by atoms with Gasteiger partial charge < -0.3 is 5.11 Å². The molecular weight excluding hydrogens is 144 g/mol. The van der Waals surface area contributed by atoms with Crippen molar-refractivity contribution < 1.29 is 9.90 Å². The molecule has 0 saturated carbocycles. The molecule has 1 aromatic rings. The van der Waals surface area contributed by atoms with Gasteiger partial charge in [-0.1, -0.05) is 0 Å². The minimum absolute atomic E-state index is 0.0403. The predicted octanol–water partition coefficient (Wildman–Crippen LogP) is 1.33. The number of aromatic nitrogens is 1. The van der Waals surface area contributed by atoms with Gasteiger partial charge in [0.15, 0.2) is 0 Å². The average molecular weight is 148 g/mol. The summed E-state index contributed by atoms with van der Waals surface area (Å²) in [7, 11) is 0. The smallest absolute Gasteiger partial charge is 0.335 e. The van der Waals surface area contributed by atoms with Crippen LogP contribution in [0, 0.1) is 6.57 Å². The van der Waals surface area contributed by atoms with Gasteiger partial charge in [-0.15, -0.1) is 0 Å². The number of aromatic carboxylic acids is 1. The van der Waals surface area contributed by atoms with Gasteiger partial charge in [0.25, 0.3) is 0 Å². The topological polar surface area (TPSA) is 54.5 Å². The van der Waals surface area contributed by atoms with Crippen molar-refractivity contribution in [2.45, 2.75) is 0 Å². The molecule has 0 aromatic carbocycles. The summed E-state index contributed by atoms with van der Waals surface area (Å²) in [6.45, 7) is 6.57. The molecule has 0 aliphatic heterocycles. The van der Waals surface area contributed by atoms with Crippen LogP contribution < -0.4 is 0 Å². The van der Waals surface area contributed by atoms with Crippen molar-refractivity contribution in [3.63, 3.8) is 0 Å². The van der Waals surface area contributed by atoms with Crippen molar-refractivity contribution in [1.29, 1.82) is 0 Å². The number of carbonyl (C=O) groups is 1. The first-order valence-corrected chi connectivity index (χ1v) is 2.80. The highest BCUT2D eigenvalue weighted by Crippen LogP contribution is 2.10. The van der Waals surface area contributed by atoms with Gasteiger partial charge in [-0.05, 0) is 6.07 Å². The lowest BCUT2D eigenvalue weighted by atomic mass is 10.3. The molecule has 11 heavy (non-hydrogen) atoms. The lowest BCUT2D eigenvalue weighted by Crippen LogP contribution is -1.95. The zero-order valence-electron chi connectivity index (χ0n) is 5.48. The summed E-state index contributed by atoms with van der Waals surface area (Å²) in [5, 5.41) is 8.46. The van der Waals surface area contributed by atoms with Crippen LogP contribution >= 0.6 is 0 Å². The van der Waals surface area contributed by atoms with Crippen LogP contribution in [-0.4, -0.2) is 16.1 Å². The van der Waals surface area contributed by atoms with Crippen molar-refractivity contribution in [2.24, 2.45) is 0 Å². The van der Waals surface area contributed by atoms with E-state index in [0.717, 1.165) is 0 Å². The SMILES string of the molecule is [C-]#[N+]c1cncc(C(=O)O)c1. The Balaban J connectivity index is 3.13. The van der Waals surface area contributed by atoms with Crippen molar-refractivity contribution in [2.75, 3.05) is 0 Å². The molecular formula is C7H4N2O2. The summed E-state index contributed by atoms with van der Waals surface area (Å²) < 4.78 is 0. The second-order valence-corrected chi connectivity index (χ2v) is 1.85. The van der Waals surface area contributed by atoms with Gasteiger partial charge in [0.1, 0.15) is 0 Å². The van der Waals surface area contributed by atoms with Crippen LogP contribution in [0.5, 0.6) is 0 Å². The molecule has 1 N–H and O–H groups in total. The minimum Gasteiger partial charge on any atom is -0.478 e. The molecule has 0 saturated heterocycles. The number of rotatable bonds is 1. The van der Waals surface area contributed by atoms with E-state index in [1.807, 2.05) is 0 Å². The van der Waals surface area contributed by atoms with Crippen LogP contribution in [-0.2, 0) is 0 Å². The molecule has 0 atom stereocenters. The van der Waals surface area contributed by atoms with Crippen LogP contribution in [0.25, 0.3) is 4.85 Å². The summed E-state index contributed by atoms with van der Waals surface area (Å²) in [4.78, 5) is 16.9. The Labute approximate surface area is 62.9 Å². The van der Waals surface area contributed by atoms with Crippen LogP contribution in [0.15, 0.2) is 18.5 Å². The monoisotopic (exact) mass is 148 g/mol.